The minimum absolute atomic E-state index is 0.0835. The maximum Gasteiger partial charge on any atom is 0.160 e. The zero-order chi connectivity index (χ0) is 13.5. The van der Waals surface area contributed by atoms with Crippen molar-refractivity contribution in [3.8, 4) is 0 Å². The molecule has 0 aromatic heterocycles. The van der Waals surface area contributed by atoms with Gasteiger partial charge in [-0.1, -0.05) is 26.2 Å². The normalized spacial score (nSPS) is 36.3. The maximum atomic E-state index is 5.99. The molecule has 0 amide bonds. The van der Waals surface area contributed by atoms with Gasteiger partial charge in [0.2, 0.25) is 0 Å². The summed E-state index contributed by atoms with van der Waals surface area (Å²) in [5.41, 5.74) is 0. The van der Waals surface area contributed by atoms with Gasteiger partial charge >= 0.3 is 0 Å². The van der Waals surface area contributed by atoms with Crippen LogP contribution in [-0.2, 0) is 9.47 Å². The molecule has 1 saturated heterocycles. The van der Waals surface area contributed by atoms with E-state index in [1.54, 1.807) is 0 Å². The Hall–Kier alpha value is -0.120. The molecule has 0 radical (unpaired) electrons. The summed E-state index contributed by atoms with van der Waals surface area (Å²) in [5.74, 6) is 1.26. The van der Waals surface area contributed by atoms with Gasteiger partial charge in [0.05, 0.1) is 13.2 Å². The lowest BCUT2D eigenvalue weighted by molar-refractivity contribution is -0.229. The van der Waals surface area contributed by atoms with Crippen LogP contribution in [0.4, 0.5) is 0 Å². The molecular formula is C16H31NO2. The average Bonchev–Trinajstić information content (AvgIpc) is 2.48. The lowest BCUT2D eigenvalue weighted by Gasteiger charge is -2.37. The molecule has 3 heteroatoms. The second kappa shape index (κ2) is 8.23. The fraction of sp³-hybridized carbons (Fsp3) is 1.00. The molecule has 0 unspecified atom stereocenters. The predicted molar refractivity (Wildman–Crippen MR) is 78.1 cm³/mol. The minimum atomic E-state index is 0.0835. The van der Waals surface area contributed by atoms with Crippen molar-refractivity contribution in [1.82, 2.24) is 5.32 Å². The Kier molecular flexibility index (Phi) is 6.62. The van der Waals surface area contributed by atoms with Crippen molar-refractivity contribution in [3.63, 3.8) is 0 Å². The van der Waals surface area contributed by atoms with Crippen molar-refractivity contribution in [3.05, 3.63) is 0 Å². The van der Waals surface area contributed by atoms with E-state index in [4.69, 9.17) is 9.47 Å². The van der Waals surface area contributed by atoms with Gasteiger partial charge in [0.1, 0.15) is 0 Å². The highest BCUT2D eigenvalue weighted by molar-refractivity contribution is 4.79. The van der Waals surface area contributed by atoms with Gasteiger partial charge in [0.25, 0.3) is 0 Å². The van der Waals surface area contributed by atoms with E-state index in [-0.39, 0.29) is 6.29 Å². The molecule has 1 saturated carbocycles. The maximum absolute atomic E-state index is 5.99. The highest BCUT2D eigenvalue weighted by atomic mass is 16.7. The van der Waals surface area contributed by atoms with Crippen molar-refractivity contribution in [1.29, 1.82) is 0 Å². The zero-order valence-electron chi connectivity index (χ0n) is 12.7. The third-order valence-corrected chi connectivity index (χ3v) is 4.77. The molecule has 3 nitrogen and oxygen atoms in total. The van der Waals surface area contributed by atoms with Crippen LogP contribution in [0.15, 0.2) is 0 Å². The highest BCUT2D eigenvalue weighted by Gasteiger charge is 2.31. The molecule has 0 aromatic carbocycles. The molecule has 19 heavy (non-hydrogen) atoms. The van der Waals surface area contributed by atoms with Crippen LogP contribution in [-0.4, -0.2) is 32.6 Å². The number of unbranched alkanes of at least 4 members (excludes halogenated alkanes) is 2. The molecule has 112 valence electrons. The van der Waals surface area contributed by atoms with Crippen molar-refractivity contribution < 1.29 is 9.47 Å². The van der Waals surface area contributed by atoms with Crippen LogP contribution in [0.3, 0.4) is 0 Å². The number of hydrogen-bond donors (Lipinski definition) is 1. The van der Waals surface area contributed by atoms with E-state index in [9.17, 15) is 0 Å². The fourth-order valence-corrected chi connectivity index (χ4v) is 3.36. The van der Waals surface area contributed by atoms with Crippen molar-refractivity contribution in [2.24, 2.45) is 11.8 Å². The van der Waals surface area contributed by atoms with Crippen molar-refractivity contribution in [2.75, 3.05) is 20.3 Å². The van der Waals surface area contributed by atoms with Gasteiger partial charge in [0, 0.05) is 17.9 Å². The third kappa shape index (κ3) is 4.73. The fourth-order valence-electron chi connectivity index (χ4n) is 3.36. The lowest BCUT2D eigenvalue weighted by atomic mass is 9.85. The molecule has 2 aliphatic rings. The Labute approximate surface area is 118 Å². The third-order valence-electron chi connectivity index (χ3n) is 4.77. The first kappa shape index (κ1) is 15.3. The molecule has 1 heterocycles. The van der Waals surface area contributed by atoms with E-state index in [1.165, 1.54) is 51.4 Å². The van der Waals surface area contributed by atoms with Gasteiger partial charge in [0.15, 0.2) is 6.29 Å². The van der Waals surface area contributed by atoms with E-state index >= 15 is 0 Å². The Bertz CT molecular complexity index is 231. The quantitative estimate of drug-likeness (QED) is 0.750. The number of rotatable bonds is 6. The summed E-state index contributed by atoms with van der Waals surface area (Å²) >= 11 is 0. The smallest absolute Gasteiger partial charge is 0.160 e. The monoisotopic (exact) mass is 269 g/mol. The summed E-state index contributed by atoms with van der Waals surface area (Å²) in [7, 11) is 2.07. The van der Waals surface area contributed by atoms with Crippen LogP contribution in [0.5, 0.6) is 0 Å². The predicted octanol–water partition coefficient (Wildman–Crippen LogP) is 3.33. The standard InChI is InChI=1S/C16H31NO2/c1-3-4-5-6-13-11-18-16(19-12-13)14-7-9-15(17-2)10-8-14/h13-17H,3-12H2,1-2H3. The van der Waals surface area contributed by atoms with Crippen molar-refractivity contribution in [2.45, 2.75) is 70.6 Å². The lowest BCUT2D eigenvalue weighted by Crippen LogP contribution is -2.40. The zero-order valence-corrected chi connectivity index (χ0v) is 12.7. The first-order valence-electron chi connectivity index (χ1n) is 8.24. The second-order valence-corrected chi connectivity index (χ2v) is 6.30. The molecule has 2 rings (SSSR count). The van der Waals surface area contributed by atoms with E-state index in [1.807, 2.05) is 0 Å². The summed E-state index contributed by atoms with van der Waals surface area (Å²) in [6, 6.07) is 0.710. The van der Waals surface area contributed by atoms with Crippen LogP contribution >= 0.6 is 0 Å². The summed E-state index contributed by atoms with van der Waals surface area (Å²) in [6.45, 7) is 4.09. The van der Waals surface area contributed by atoms with Gasteiger partial charge in [-0.05, 0) is 39.2 Å². The Morgan fingerprint density at radius 3 is 2.26 bits per heavy atom. The summed E-state index contributed by atoms with van der Waals surface area (Å²) in [6.07, 6.45) is 10.3. The SMILES string of the molecule is CCCCCC1COC(C2CCC(NC)CC2)OC1. The van der Waals surface area contributed by atoms with E-state index in [0.29, 0.717) is 17.9 Å². The van der Waals surface area contributed by atoms with Crippen LogP contribution < -0.4 is 5.32 Å². The van der Waals surface area contributed by atoms with Crippen molar-refractivity contribution >= 4 is 0 Å². The molecule has 2 fully saturated rings. The summed E-state index contributed by atoms with van der Waals surface area (Å²) < 4.78 is 12.0. The van der Waals surface area contributed by atoms with Gasteiger partial charge in [-0.3, -0.25) is 0 Å². The van der Waals surface area contributed by atoms with Crippen LogP contribution in [0.25, 0.3) is 0 Å². The Morgan fingerprint density at radius 2 is 1.68 bits per heavy atom. The topological polar surface area (TPSA) is 30.5 Å². The molecule has 1 aliphatic carbocycles. The largest absolute Gasteiger partial charge is 0.352 e. The first-order valence-corrected chi connectivity index (χ1v) is 8.24. The van der Waals surface area contributed by atoms with Gasteiger partial charge in [-0.15, -0.1) is 0 Å². The molecule has 0 spiro atoms. The first-order chi connectivity index (χ1) is 9.33. The molecule has 0 aromatic rings. The number of hydrogen-bond acceptors (Lipinski definition) is 3. The Morgan fingerprint density at radius 1 is 1.00 bits per heavy atom. The van der Waals surface area contributed by atoms with Gasteiger partial charge in [-0.2, -0.15) is 0 Å². The van der Waals surface area contributed by atoms with Gasteiger partial charge < -0.3 is 14.8 Å². The van der Waals surface area contributed by atoms with Crippen LogP contribution in [0.2, 0.25) is 0 Å². The Balaban J connectivity index is 1.63. The van der Waals surface area contributed by atoms with Crippen LogP contribution in [0.1, 0.15) is 58.3 Å². The summed E-state index contributed by atoms with van der Waals surface area (Å²) in [5, 5.41) is 3.38. The van der Waals surface area contributed by atoms with E-state index in [0.717, 1.165) is 13.2 Å². The van der Waals surface area contributed by atoms with E-state index < -0.39 is 0 Å². The van der Waals surface area contributed by atoms with Gasteiger partial charge in [-0.25, -0.2) is 0 Å². The number of ether oxygens (including phenoxy) is 2. The molecule has 1 aliphatic heterocycles. The second-order valence-electron chi connectivity index (χ2n) is 6.30. The molecule has 1 N–H and O–H groups in total. The summed E-state index contributed by atoms with van der Waals surface area (Å²) in [4.78, 5) is 0. The minimum Gasteiger partial charge on any atom is -0.352 e. The number of nitrogens with one attached hydrogen (secondary N) is 1. The molecule has 0 bridgehead atoms. The highest BCUT2D eigenvalue weighted by Crippen LogP contribution is 2.31. The molecule has 0 atom stereocenters. The van der Waals surface area contributed by atoms with E-state index in [2.05, 4.69) is 19.3 Å². The van der Waals surface area contributed by atoms with Crippen LogP contribution in [0, 0.1) is 11.8 Å². The average molecular weight is 269 g/mol. The molecular weight excluding hydrogens is 238 g/mol.